The van der Waals surface area contributed by atoms with E-state index in [1.165, 1.54) is 14.2 Å². The average Bonchev–Trinajstić information content (AvgIpc) is 2.00. The Morgan fingerprint density at radius 1 is 1.40 bits per heavy atom. The van der Waals surface area contributed by atoms with E-state index >= 15 is 0 Å². The van der Waals surface area contributed by atoms with Gasteiger partial charge < -0.3 is 14.3 Å². The third kappa shape index (κ3) is 2.94. The number of carbonyl (C=O) groups excluding carboxylic acids is 1. The maximum atomic E-state index is 9.94. The van der Waals surface area contributed by atoms with Crippen LogP contribution in [-0.4, -0.2) is 26.3 Å². The molecule has 0 saturated carbocycles. The van der Waals surface area contributed by atoms with Crippen LogP contribution < -0.4 is 0 Å². The Hall–Kier alpha value is -0.410. The van der Waals surface area contributed by atoms with Crippen molar-refractivity contribution in [2.45, 2.75) is 19.1 Å². The van der Waals surface area contributed by atoms with Crippen LogP contribution in [0.1, 0.15) is 13.3 Å². The highest BCUT2D eigenvalue weighted by Gasteiger charge is 2.21. The first kappa shape index (κ1) is 9.59. The van der Waals surface area contributed by atoms with Gasteiger partial charge in [-0.25, -0.2) is 0 Å². The standard InChI is InChI=1S/C7H13O3/c1-7(9-2,10-3)5-4-6-8/h5-6H,4H2,1-3H3. The van der Waals surface area contributed by atoms with E-state index in [-0.39, 0.29) is 0 Å². The van der Waals surface area contributed by atoms with Gasteiger partial charge >= 0.3 is 0 Å². The molecule has 0 aliphatic carbocycles. The van der Waals surface area contributed by atoms with Crippen molar-refractivity contribution in [2.75, 3.05) is 14.2 Å². The minimum absolute atomic E-state index is 0.345. The maximum absolute atomic E-state index is 9.94. The number of ether oxygens (including phenoxy) is 2. The predicted octanol–water partition coefficient (Wildman–Crippen LogP) is 0.789. The second kappa shape index (κ2) is 4.41. The molecule has 0 rings (SSSR count). The van der Waals surface area contributed by atoms with Gasteiger partial charge in [-0.15, -0.1) is 0 Å². The van der Waals surface area contributed by atoms with Crippen LogP contribution in [0.25, 0.3) is 0 Å². The van der Waals surface area contributed by atoms with Gasteiger partial charge in [-0.3, -0.25) is 0 Å². The summed E-state index contributed by atoms with van der Waals surface area (Å²) in [5.74, 6) is -0.721. The van der Waals surface area contributed by atoms with Gasteiger partial charge in [0.05, 0.1) is 0 Å². The summed E-state index contributed by atoms with van der Waals surface area (Å²) in [6.45, 7) is 1.75. The molecule has 0 atom stereocenters. The molecule has 1 radical (unpaired) electrons. The van der Waals surface area contributed by atoms with Crippen molar-refractivity contribution in [1.29, 1.82) is 0 Å². The van der Waals surface area contributed by atoms with Crippen LogP contribution in [0.5, 0.6) is 0 Å². The van der Waals surface area contributed by atoms with Crippen LogP contribution >= 0.6 is 0 Å². The third-order valence-electron chi connectivity index (χ3n) is 1.40. The molecular weight excluding hydrogens is 132 g/mol. The fourth-order valence-corrected chi connectivity index (χ4v) is 0.512. The lowest BCUT2D eigenvalue weighted by atomic mass is 10.2. The zero-order valence-electron chi connectivity index (χ0n) is 6.59. The summed E-state index contributed by atoms with van der Waals surface area (Å²) in [7, 11) is 3.07. The summed E-state index contributed by atoms with van der Waals surface area (Å²) in [6.07, 6.45) is 2.81. The highest BCUT2D eigenvalue weighted by atomic mass is 16.7. The van der Waals surface area contributed by atoms with E-state index in [0.29, 0.717) is 6.42 Å². The lowest BCUT2D eigenvalue weighted by Crippen LogP contribution is -2.30. The first-order valence-electron chi connectivity index (χ1n) is 3.07. The largest absolute Gasteiger partial charge is 0.353 e. The van der Waals surface area contributed by atoms with Crippen molar-refractivity contribution in [2.24, 2.45) is 0 Å². The zero-order valence-corrected chi connectivity index (χ0v) is 6.59. The molecule has 0 N–H and O–H groups in total. The smallest absolute Gasteiger partial charge is 0.168 e. The summed E-state index contributed by atoms with van der Waals surface area (Å²) in [5.41, 5.74) is 0. The molecule has 0 fully saturated rings. The molecule has 0 aliphatic rings. The van der Waals surface area contributed by atoms with Crippen molar-refractivity contribution in [3.8, 4) is 0 Å². The highest BCUT2D eigenvalue weighted by molar-refractivity contribution is 5.51. The SMILES string of the molecule is COC(C)([CH]CC=O)OC. The molecule has 0 spiro atoms. The topological polar surface area (TPSA) is 35.5 Å². The molecule has 0 aromatic carbocycles. The quantitative estimate of drug-likeness (QED) is 0.424. The Morgan fingerprint density at radius 2 is 1.90 bits per heavy atom. The summed E-state index contributed by atoms with van der Waals surface area (Å²) in [6, 6.07) is 0. The summed E-state index contributed by atoms with van der Waals surface area (Å²) >= 11 is 0. The van der Waals surface area contributed by atoms with E-state index in [1.54, 1.807) is 13.3 Å². The monoisotopic (exact) mass is 145 g/mol. The van der Waals surface area contributed by atoms with E-state index < -0.39 is 5.79 Å². The number of aldehydes is 1. The number of carbonyl (C=O) groups is 1. The van der Waals surface area contributed by atoms with Crippen molar-refractivity contribution in [3.63, 3.8) is 0 Å². The molecular formula is C7H13O3. The lowest BCUT2D eigenvalue weighted by Gasteiger charge is -2.24. The first-order chi connectivity index (χ1) is 4.68. The predicted molar refractivity (Wildman–Crippen MR) is 37.4 cm³/mol. The van der Waals surface area contributed by atoms with Gasteiger partial charge in [-0.1, -0.05) is 0 Å². The molecule has 10 heavy (non-hydrogen) atoms. The fourth-order valence-electron chi connectivity index (χ4n) is 0.512. The maximum Gasteiger partial charge on any atom is 0.168 e. The second-order valence-electron chi connectivity index (χ2n) is 2.03. The molecule has 3 nitrogen and oxygen atoms in total. The van der Waals surface area contributed by atoms with E-state index in [4.69, 9.17) is 9.47 Å². The Labute approximate surface area is 61.3 Å². The van der Waals surface area contributed by atoms with Crippen LogP contribution in [0, 0.1) is 6.42 Å². The molecule has 0 aromatic rings. The van der Waals surface area contributed by atoms with Gasteiger partial charge in [0, 0.05) is 27.1 Å². The Balaban J connectivity index is 3.68. The number of methoxy groups -OCH3 is 2. The molecule has 0 unspecified atom stereocenters. The van der Waals surface area contributed by atoms with Gasteiger partial charge in [0.15, 0.2) is 5.79 Å². The fraction of sp³-hybridized carbons (Fsp3) is 0.714. The molecule has 0 aromatic heterocycles. The molecule has 59 valence electrons. The minimum atomic E-state index is -0.721. The van der Waals surface area contributed by atoms with Gasteiger partial charge in [0.2, 0.25) is 0 Å². The first-order valence-corrected chi connectivity index (χ1v) is 3.07. The van der Waals surface area contributed by atoms with Crippen LogP contribution in [0.4, 0.5) is 0 Å². The molecule has 0 saturated heterocycles. The van der Waals surface area contributed by atoms with Gasteiger partial charge in [-0.2, -0.15) is 0 Å². The minimum Gasteiger partial charge on any atom is -0.353 e. The normalized spacial score (nSPS) is 11.5. The van der Waals surface area contributed by atoms with Crippen LogP contribution in [0.3, 0.4) is 0 Å². The van der Waals surface area contributed by atoms with Crippen LogP contribution in [-0.2, 0) is 14.3 Å². The van der Waals surface area contributed by atoms with Gasteiger partial charge in [0.25, 0.3) is 0 Å². The van der Waals surface area contributed by atoms with Crippen LogP contribution in [0.2, 0.25) is 0 Å². The van der Waals surface area contributed by atoms with Gasteiger partial charge in [-0.05, 0) is 6.92 Å². The van der Waals surface area contributed by atoms with Gasteiger partial charge in [0.1, 0.15) is 6.29 Å². The average molecular weight is 145 g/mol. The summed E-state index contributed by atoms with van der Waals surface area (Å²) in [5, 5.41) is 0. The van der Waals surface area contributed by atoms with Crippen molar-refractivity contribution >= 4 is 6.29 Å². The summed E-state index contributed by atoms with van der Waals surface area (Å²) < 4.78 is 9.90. The van der Waals surface area contributed by atoms with E-state index in [0.717, 1.165) is 6.29 Å². The molecule has 3 heteroatoms. The summed E-state index contributed by atoms with van der Waals surface area (Å²) in [4.78, 5) is 9.94. The zero-order chi connectivity index (χ0) is 8.04. The van der Waals surface area contributed by atoms with E-state index in [2.05, 4.69) is 0 Å². The lowest BCUT2D eigenvalue weighted by molar-refractivity contribution is -0.169. The third-order valence-corrected chi connectivity index (χ3v) is 1.40. The van der Waals surface area contributed by atoms with Crippen molar-refractivity contribution in [3.05, 3.63) is 6.42 Å². The molecule has 0 bridgehead atoms. The van der Waals surface area contributed by atoms with Crippen molar-refractivity contribution in [1.82, 2.24) is 0 Å². The van der Waals surface area contributed by atoms with E-state index in [9.17, 15) is 4.79 Å². The highest BCUT2D eigenvalue weighted by Crippen LogP contribution is 2.14. The van der Waals surface area contributed by atoms with E-state index in [1.807, 2.05) is 0 Å². The Bertz CT molecular complexity index is 97.0. The number of hydrogen-bond acceptors (Lipinski definition) is 3. The molecule has 0 amide bonds. The second-order valence-corrected chi connectivity index (χ2v) is 2.03. The Morgan fingerprint density at radius 3 is 2.20 bits per heavy atom. The molecule has 0 heterocycles. The molecule has 0 aliphatic heterocycles. The van der Waals surface area contributed by atoms with Crippen LogP contribution in [0.15, 0.2) is 0 Å². The Kier molecular flexibility index (Phi) is 4.23. The van der Waals surface area contributed by atoms with Crippen molar-refractivity contribution < 1.29 is 14.3 Å². The number of rotatable bonds is 5. The number of hydrogen-bond donors (Lipinski definition) is 0.